The number of anilines is 2. The predicted octanol–water partition coefficient (Wildman–Crippen LogP) is 6.11. The third-order valence-corrected chi connectivity index (χ3v) is 5.71. The molecule has 216 valence electrons. The van der Waals surface area contributed by atoms with E-state index in [0.717, 1.165) is 11.8 Å². The van der Waals surface area contributed by atoms with Crippen molar-refractivity contribution in [3.05, 3.63) is 81.6 Å². The average molecular weight is 602 g/mol. The van der Waals surface area contributed by atoms with Crippen molar-refractivity contribution < 1.29 is 37.0 Å². The Morgan fingerprint density at radius 1 is 1.12 bits per heavy atom. The van der Waals surface area contributed by atoms with Crippen molar-refractivity contribution in [3.8, 4) is 5.75 Å². The topological polar surface area (TPSA) is 89.0 Å². The van der Waals surface area contributed by atoms with E-state index in [4.69, 9.17) is 42.3 Å². The summed E-state index contributed by atoms with van der Waals surface area (Å²) in [7, 11) is 3.41. The van der Waals surface area contributed by atoms with Gasteiger partial charge in [-0.15, -0.1) is 0 Å². The van der Waals surface area contributed by atoms with Crippen molar-refractivity contribution >= 4 is 54.1 Å². The average Bonchev–Trinajstić information content (AvgIpc) is 2.95. The highest BCUT2D eigenvalue weighted by atomic mass is 35.5. The normalized spacial score (nSPS) is 11.7. The molecule has 1 aromatic heterocycles. The minimum atomic E-state index is -4.36. The van der Waals surface area contributed by atoms with E-state index in [-0.39, 0.29) is 10.9 Å². The van der Waals surface area contributed by atoms with Crippen LogP contribution in [-0.4, -0.2) is 58.5 Å². The Hall–Kier alpha value is -3.67. The number of fused-ring (bicyclic) bond motifs is 1. The maximum Gasteiger partial charge on any atom is 0.417 e. The van der Waals surface area contributed by atoms with Crippen LogP contribution in [-0.2, 0) is 20.5 Å². The van der Waals surface area contributed by atoms with Crippen LogP contribution in [0.5, 0.6) is 5.75 Å². The number of amides is 1. The molecule has 13 heteroatoms. The van der Waals surface area contributed by atoms with Gasteiger partial charge in [-0.2, -0.15) is 13.2 Å². The van der Waals surface area contributed by atoms with Gasteiger partial charge in [0.2, 0.25) is 0 Å². The Kier molecular flexibility index (Phi) is 14.1. The number of benzene rings is 2. The molecule has 0 atom stereocenters. The van der Waals surface area contributed by atoms with E-state index >= 15 is 0 Å². The van der Waals surface area contributed by atoms with Gasteiger partial charge in [0.05, 0.1) is 33.5 Å². The summed E-state index contributed by atoms with van der Waals surface area (Å²) in [6, 6.07) is 13.0. The molecular formula is C27H28Cl2F3N3O5. The van der Waals surface area contributed by atoms with Gasteiger partial charge in [-0.05, 0) is 37.3 Å². The summed E-state index contributed by atoms with van der Waals surface area (Å²) in [5.74, 6) is 0.498. The number of alkyl halides is 3. The van der Waals surface area contributed by atoms with Crippen molar-refractivity contribution in [1.29, 1.82) is 0 Å². The zero-order valence-electron chi connectivity index (χ0n) is 22.0. The first-order chi connectivity index (χ1) is 19.0. The van der Waals surface area contributed by atoms with Gasteiger partial charge in [0, 0.05) is 20.4 Å². The van der Waals surface area contributed by atoms with Gasteiger partial charge in [-0.1, -0.05) is 47.0 Å². The number of halogens is 5. The molecule has 0 saturated heterocycles. The largest absolute Gasteiger partial charge is 0.490 e. The Morgan fingerprint density at radius 3 is 2.38 bits per heavy atom. The van der Waals surface area contributed by atoms with Gasteiger partial charge in [0.1, 0.15) is 32.7 Å². The summed E-state index contributed by atoms with van der Waals surface area (Å²) in [4.78, 5) is 36.8. The number of para-hydroxylation sites is 2. The number of hydrogen-bond acceptors (Lipinski definition) is 7. The van der Waals surface area contributed by atoms with Crippen LogP contribution in [0.25, 0.3) is 0 Å². The molecule has 0 saturated carbocycles. The third-order valence-electron chi connectivity index (χ3n) is 5.17. The fraction of sp³-hybridized carbons (Fsp3) is 0.259. The maximum absolute atomic E-state index is 13.1. The highest BCUT2D eigenvalue weighted by Crippen LogP contribution is 2.35. The lowest BCUT2D eigenvalue weighted by molar-refractivity contribution is -0.137. The van der Waals surface area contributed by atoms with E-state index < -0.39 is 11.7 Å². The predicted molar refractivity (Wildman–Crippen MR) is 149 cm³/mol. The molecule has 0 unspecified atom stereocenters. The number of ether oxygens (including phenoxy) is 2. The lowest BCUT2D eigenvalue weighted by Crippen LogP contribution is -2.39. The van der Waals surface area contributed by atoms with Crippen LogP contribution >= 0.6 is 23.2 Å². The number of nitrogens with zero attached hydrogens (tertiary/aromatic N) is 3. The third kappa shape index (κ3) is 9.22. The second-order valence-corrected chi connectivity index (χ2v) is 8.73. The molecule has 1 aliphatic heterocycles. The van der Waals surface area contributed by atoms with Crippen LogP contribution in [0.4, 0.5) is 24.5 Å². The van der Waals surface area contributed by atoms with E-state index in [1.54, 1.807) is 29.9 Å². The van der Waals surface area contributed by atoms with Gasteiger partial charge >= 0.3 is 6.18 Å². The Labute approximate surface area is 240 Å². The number of aryl methyl sites for hydroxylation is 1. The van der Waals surface area contributed by atoms with Crippen molar-refractivity contribution in [3.63, 3.8) is 0 Å². The van der Waals surface area contributed by atoms with Gasteiger partial charge in [0.25, 0.3) is 5.91 Å². The molecular weight excluding hydrogens is 574 g/mol. The number of carbonyl (C=O) groups is 3. The fourth-order valence-electron chi connectivity index (χ4n) is 3.51. The first kappa shape index (κ1) is 34.4. The van der Waals surface area contributed by atoms with Crippen LogP contribution in [0.2, 0.25) is 10.0 Å². The molecule has 0 bridgehead atoms. The standard InChI is InChI=1S/C17H18ClN3O3.C8H6ClF3.2CH2O/c1-20(11-23-2)14-9-12(18)10-19-16(14)17(22)21-7-8-24-15-6-4-3-5-13(15)21;1-5-2-3-7(9)6(4-5)8(10,11)12;2*1-2/h3-6,9-10H,7-8,11H2,1-2H3;2-4H,1H3;2*1H2. The van der Waals surface area contributed by atoms with Crippen molar-refractivity contribution in [2.24, 2.45) is 0 Å². The molecule has 0 aliphatic carbocycles. The van der Waals surface area contributed by atoms with Gasteiger partial charge in [0.15, 0.2) is 5.69 Å². The van der Waals surface area contributed by atoms with Crippen LogP contribution in [0.15, 0.2) is 54.7 Å². The molecule has 0 fully saturated rings. The SMILES string of the molecule is C=O.C=O.COCN(C)c1cc(Cl)cnc1C(=O)N1CCOc2ccccc21.Cc1ccc(Cl)c(C(F)(F)F)c1. The summed E-state index contributed by atoms with van der Waals surface area (Å²) in [5.41, 5.74) is 1.47. The Bertz CT molecular complexity index is 1260. The van der Waals surface area contributed by atoms with E-state index in [1.165, 1.54) is 18.3 Å². The highest BCUT2D eigenvalue weighted by molar-refractivity contribution is 6.31. The zero-order chi connectivity index (χ0) is 30.5. The highest BCUT2D eigenvalue weighted by Gasteiger charge is 2.33. The second kappa shape index (κ2) is 16.4. The summed E-state index contributed by atoms with van der Waals surface area (Å²) in [6.45, 7) is 6.82. The molecule has 40 heavy (non-hydrogen) atoms. The summed E-state index contributed by atoms with van der Waals surface area (Å²) >= 11 is 11.4. The minimum Gasteiger partial charge on any atom is -0.490 e. The van der Waals surface area contributed by atoms with Crippen LogP contribution in [0.3, 0.4) is 0 Å². The van der Waals surface area contributed by atoms with Gasteiger partial charge < -0.3 is 28.9 Å². The van der Waals surface area contributed by atoms with Crippen LogP contribution in [0, 0.1) is 6.92 Å². The molecule has 0 N–H and O–H groups in total. The molecule has 8 nitrogen and oxygen atoms in total. The molecule has 0 radical (unpaired) electrons. The molecule has 0 spiro atoms. The monoisotopic (exact) mass is 601 g/mol. The first-order valence-corrected chi connectivity index (χ1v) is 12.1. The first-order valence-electron chi connectivity index (χ1n) is 11.3. The number of aromatic nitrogens is 1. The molecule has 1 aliphatic rings. The maximum atomic E-state index is 13.1. The van der Waals surface area contributed by atoms with Gasteiger partial charge in [-0.25, -0.2) is 4.98 Å². The van der Waals surface area contributed by atoms with Crippen molar-refractivity contribution in [2.75, 3.05) is 43.8 Å². The summed E-state index contributed by atoms with van der Waals surface area (Å²) in [6.07, 6.45) is -2.88. The van der Waals surface area contributed by atoms with Crippen LogP contribution < -0.4 is 14.5 Å². The Balaban J connectivity index is 0.000000421. The van der Waals surface area contributed by atoms with E-state index in [2.05, 4.69) is 4.98 Å². The van der Waals surface area contributed by atoms with Crippen molar-refractivity contribution in [1.82, 2.24) is 4.98 Å². The zero-order valence-corrected chi connectivity index (χ0v) is 23.5. The Morgan fingerprint density at radius 2 is 1.77 bits per heavy atom. The lowest BCUT2D eigenvalue weighted by atomic mass is 10.1. The minimum absolute atomic E-state index is 0.194. The smallest absolute Gasteiger partial charge is 0.417 e. The lowest BCUT2D eigenvalue weighted by Gasteiger charge is -2.30. The number of carbonyl (C=O) groups excluding carboxylic acids is 3. The van der Waals surface area contributed by atoms with Crippen molar-refractivity contribution in [2.45, 2.75) is 13.1 Å². The van der Waals surface area contributed by atoms with E-state index in [9.17, 15) is 18.0 Å². The molecule has 2 aromatic carbocycles. The molecule has 2 heterocycles. The number of rotatable bonds is 4. The number of pyridine rings is 1. The molecule has 1 amide bonds. The van der Waals surface area contributed by atoms with Gasteiger partial charge in [-0.3, -0.25) is 4.79 Å². The number of methoxy groups -OCH3 is 1. The van der Waals surface area contributed by atoms with E-state index in [1.807, 2.05) is 44.9 Å². The second-order valence-electron chi connectivity index (χ2n) is 7.89. The van der Waals surface area contributed by atoms with Crippen LogP contribution in [0.1, 0.15) is 21.6 Å². The molecule has 3 aromatic rings. The molecule has 4 rings (SSSR count). The summed E-state index contributed by atoms with van der Waals surface area (Å²) < 4.78 is 47.2. The van der Waals surface area contributed by atoms with E-state index in [0.29, 0.717) is 47.6 Å². The summed E-state index contributed by atoms with van der Waals surface area (Å²) in [5, 5.41) is 0.208. The number of hydrogen-bond donors (Lipinski definition) is 0. The fourth-order valence-corrected chi connectivity index (χ4v) is 3.89. The quantitative estimate of drug-likeness (QED) is 0.333.